The Morgan fingerprint density at radius 3 is 2.13 bits per heavy atom. The molecule has 15 heavy (non-hydrogen) atoms. The topological polar surface area (TPSA) is 57.5 Å². The summed E-state index contributed by atoms with van der Waals surface area (Å²) in [5.41, 5.74) is 0.369. The number of aliphatic carboxylic acids is 1. The number of aliphatic hydroxyl groups is 1. The maximum atomic E-state index is 10.4. The van der Waals surface area contributed by atoms with Gasteiger partial charge in [-0.2, -0.15) is 0 Å². The summed E-state index contributed by atoms with van der Waals surface area (Å²) in [5.74, 6) is -0.628. The Labute approximate surface area is 92.1 Å². The fraction of sp³-hybridized carbons (Fsp3) is 0.583. The summed E-state index contributed by atoms with van der Waals surface area (Å²) in [6.45, 7) is 8.00. The summed E-state index contributed by atoms with van der Waals surface area (Å²) in [6, 6.07) is 0. The average Bonchev–Trinajstić information content (AvgIpc) is 2.49. The van der Waals surface area contributed by atoms with Crippen LogP contribution in [0.25, 0.3) is 0 Å². The lowest BCUT2D eigenvalue weighted by Gasteiger charge is -1.96. The number of carbonyl (C=O) groups is 1. The molecule has 2 N–H and O–H groups in total. The third kappa shape index (κ3) is 7.79. The molecule has 0 saturated heterocycles. The van der Waals surface area contributed by atoms with Gasteiger partial charge >= 0.3 is 5.97 Å². The zero-order chi connectivity index (χ0) is 12.3. The van der Waals surface area contributed by atoms with E-state index < -0.39 is 5.97 Å². The summed E-state index contributed by atoms with van der Waals surface area (Å²) in [6.07, 6.45) is 4.74. The second kappa shape index (κ2) is 10.8. The molecule has 0 atom stereocenters. The van der Waals surface area contributed by atoms with Gasteiger partial charge in [-0.25, -0.2) is 4.79 Å². The van der Waals surface area contributed by atoms with Gasteiger partial charge in [-0.3, -0.25) is 0 Å². The molecule has 3 heteroatoms. The van der Waals surface area contributed by atoms with E-state index in [1.54, 1.807) is 0 Å². The van der Waals surface area contributed by atoms with Crippen molar-refractivity contribution in [2.24, 2.45) is 0 Å². The maximum Gasteiger partial charge on any atom is 0.331 e. The highest BCUT2D eigenvalue weighted by Crippen LogP contribution is 2.15. The van der Waals surface area contributed by atoms with Gasteiger partial charge in [0.2, 0.25) is 0 Å². The molecule has 0 unspecified atom stereocenters. The summed E-state index contributed by atoms with van der Waals surface area (Å²) in [5, 5.41) is 17.6. The maximum absolute atomic E-state index is 10.4. The third-order valence-electron chi connectivity index (χ3n) is 1.63. The van der Waals surface area contributed by atoms with Crippen molar-refractivity contribution >= 4 is 5.97 Å². The van der Waals surface area contributed by atoms with Crippen LogP contribution in [-0.4, -0.2) is 16.2 Å². The Morgan fingerprint density at radius 1 is 1.13 bits per heavy atom. The summed E-state index contributed by atoms with van der Waals surface area (Å²) >= 11 is 0. The van der Waals surface area contributed by atoms with Crippen molar-refractivity contribution in [3.8, 4) is 0 Å². The summed E-state index contributed by atoms with van der Waals surface area (Å²) in [7, 11) is 0. The zero-order valence-electron chi connectivity index (χ0n) is 10.1. The van der Waals surface area contributed by atoms with Crippen molar-refractivity contribution in [2.75, 3.05) is 0 Å². The van der Waals surface area contributed by atoms with E-state index in [2.05, 4.69) is 0 Å². The van der Waals surface area contributed by atoms with Crippen LogP contribution in [0, 0.1) is 0 Å². The highest BCUT2D eigenvalue weighted by atomic mass is 16.4. The van der Waals surface area contributed by atoms with Gasteiger partial charge < -0.3 is 10.2 Å². The van der Waals surface area contributed by atoms with Crippen LogP contribution in [0.2, 0.25) is 0 Å². The number of hydrogen-bond donors (Lipinski definition) is 2. The van der Waals surface area contributed by atoms with Crippen molar-refractivity contribution in [1.29, 1.82) is 0 Å². The lowest BCUT2D eigenvalue weighted by molar-refractivity contribution is -0.132. The lowest BCUT2D eigenvalue weighted by Crippen LogP contribution is -1.98. The molecule has 1 aliphatic rings. The number of allylic oxidation sites excluding steroid dienone is 3. The first-order valence-corrected chi connectivity index (χ1v) is 5.52. The van der Waals surface area contributed by atoms with Gasteiger partial charge in [0.1, 0.15) is 0 Å². The molecule has 0 saturated carbocycles. The van der Waals surface area contributed by atoms with Gasteiger partial charge in [-0.1, -0.05) is 27.7 Å². The van der Waals surface area contributed by atoms with E-state index in [0.717, 1.165) is 0 Å². The Kier molecular flexibility index (Phi) is 11.7. The SMILES string of the molecule is CC.CC.O=C(O)C1=CC=C(O)CCC1. The Bertz CT molecular complexity index is 227. The molecule has 0 aromatic heterocycles. The minimum Gasteiger partial charge on any atom is -0.512 e. The van der Waals surface area contributed by atoms with E-state index in [0.29, 0.717) is 24.8 Å². The fourth-order valence-electron chi connectivity index (χ4n) is 1.00. The quantitative estimate of drug-likeness (QED) is 0.700. The van der Waals surface area contributed by atoms with Crippen LogP contribution in [0.3, 0.4) is 0 Å². The normalized spacial score (nSPS) is 14.1. The minimum atomic E-state index is -0.893. The van der Waals surface area contributed by atoms with Crippen molar-refractivity contribution in [2.45, 2.75) is 47.0 Å². The van der Waals surface area contributed by atoms with Crippen LogP contribution in [0.4, 0.5) is 0 Å². The first-order chi connectivity index (χ1) is 7.20. The van der Waals surface area contributed by atoms with Crippen LogP contribution in [0.15, 0.2) is 23.5 Å². The average molecular weight is 214 g/mol. The van der Waals surface area contributed by atoms with Gasteiger partial charge in [-0.15, -0.1) is 0 Å². The van der Waals surface area contributed by atoms with Crippen molar-refractivity contribution in [1.82, 2.24) is 0 Å². The molecule has 0 radical (unpaired) electrons. The molecule has 88 valence electrons. The van der Waals surface area contributed by atoms with Gasteiger partial charge in [0.15, 0.2) is 0 Å². The lowest BCUT2D eigenvalue weighted by atomic mass is 10.1. The van der Waals surface area contributed by atoms with E-state index >= 15 is 0 Å². The number of carboxylic acids is 1. The molecule has 0 aromatic carbocycles. The van der Waals surface area contributed by atoms with Gasteiger partial charge in [0.05, 0.1) is 5.76 Å². The monoisotopic (exact) mass is 214 g/mol. The van der Waals surface area contributed by atoms with Gasteiger partial charge in [0, 0.05) is 12.0 Å². The number of aliphatic hydroxyl groups excluding tert-OH is 1. The van der Waals surface area contributed by atoms with E-state index in [9.17, 15) is 4.79 Å². The molecule has 0 heterocycles. The molecule has 3 nitrogen and oxygen atoms in total. The van der Waals surface area contributed by atoms with E-state index in [-0.39, 0.29) is 5.76 Å². The molecule has 1 aliphatic carbocycles. The standard InChI is InChI=1S/C8H10O3.2C2H6/c9-7-3-1-2-6(4-5-7)8(10)11;2*1-2/h4-5,9H,1-3H2,(H,10,11);2*1-2H3. The predicted octanol–water partition coefficient (Wildman–Crippen LogP) is 3.68. The zero-order valence-corrected chi connectivity index (χ0v) is 10.1. The molecular formula is C12H22O3. The summed E-state index contributed by atoms with van der Waals surface area (Å²) in [4.78, 5) is 10.4. The fourth-order valence-corrected chi connectivity index (χ4v) is 1.00. The molecule has 0 spiro atoms. The largest absolute Gasteiger partial charge is 0.512 e. The van der Waals surface area contributed by atoms with Crippen molar-refractivity contribution in [3.05, 3.63) is 23.5 Å². The van der Waals surface area contributed by atoms with E-state index in [1.165, 1.54) is 12.2 Å². The highest BCUT2D eigenvalue weighted by Gasteiger charge is 2.08. The molecule has 0 amide bonds. The first kappa shape index (κ1) is 16.2. The molecule has 0 fully saturated rings. The third-order valence-corrected chi connectivity index (χ3v) is 1.63. The predicted molar refractivity (Wildman–Crippen MR) is 63.0 cm³/mol. The molecule has 1 rings (SSSR count). The Hall–Kier alpha value is -1.25. The molecule has 0 aromatic rings. The van der Waals surface area contributed by atoms with Crippen LogP contribution in [-0.2, 0) is 4.79 Å². The van der Waals surface area contributed by atoms with E-state index in [1.807, 2.05) is 27.7 Å². The number of carboxylic acid groups (broad SMARTS) is 1. The minimum absolute atomic E-state index is 0.265. The van der Waals surface area contributed by atoms with Crippen molar-refractivity contribution in [3.63, 3.8) is 0 Å². The van der Waals surface area contributed by atoms with Crippen molar-refractivity contribution < 1.29 is 15.0 Å². The van der Waals surface area contributed by atoms with Crippen LogP contribution < -0.4 is 0 Å². The number of hydrogen-bond acceptors (Lipinski definition) is 2. The van der Waals surface area contributed by atoms with Gasteiger partial charge in [-0.05, 0) is 25.0 Å². The Balaban J connectivity index is 0. The second-order valence-electron chi connectivity index (χ2n) is 2.51. The number of rotatable bonds is 1. The molecule has 0 bridgehead atoms. The highest BCUT2D eigenvalue weighted by molar-refractivity contribution is 5.86. The van der Waals surface area contributed by atoms with Crippen LogP contribution >= 0.6 is 0 Å². The molecular weight excluding hydrogens is 192 g/mol. The summed E-state index contributed by atoms with van der Waals surface area (Å²) < 4.78 is 0. The van der Waals surface area contributed by atoms with E-state index in [4.69, 9.17) is 10.2 Å². The molecule has 0 aliphatic heterocycles. The van der Waals surface area contributed by atoms with Crippen LogP contribution in [0.1, 0.15) is 47.0 Å². The van der Waals surface area contributed by atoms with Crippen LogP contribution in [0.5, 0.6) is 0 Å². The van der Waals surface area contributed by atoms with Gasteiger partial charge in [0.25, 0.3) is 0 Å². The Morgan fingerprint density at radius 2 is 1.67 bits per heavy atom. The smallest absolute Gasteiger partial charge is 0.331 e. The first-order valence-electron chi connectivity index (χ1n) is 5.52. The second-order valence-corrected chi connectivity index (χ2v) is 2.51.